The minimum atomic E-state index is -0.0941. The lowest BCUT2D eigenvalue weighted by Crippen LogP contribution is -2.21. The van der Waals surface area contributed by atoms with E-state index in [-0.39, 0.29) is 5.92 Å². The molecule has 0 saturated heterocycles. The minimum Gasteiger partial charge on any atom is -0.507 e. The third-order valence-electron chi connectivity index (χ3n) is 6.15. The van der Waals surface area contributed by atoms with E-state index in [2.05, 4.69) is 46.3 Å². The molecule has 1 N–H and O–H groups in total. The van der Waals surface area contributed by atoms with Gasteiger partial charge in [0.05, 0.1) is 0 Å². The van der Waals surface area contributed by atoms with E-state index in [1.807, 2.05) is 36.4 Å². The first kappa shape index (κ1) is 18.4. The third-order valence-corrected chi connectivity index (χ3v) is 6.64. The minimum absolute atomic E-state index is 0.0941. The van der Waals surface area contributed by atoms with Crippen LogP contribution in [0.2, 0.25) is 0 Å². The lowest BCUT2D eigenvalue weighted by Gasteiger charge is -2.26. The summed E-state index contributed by atoms with van der Waals surface area (Å²) in [6.45, 7) is 0. The van der Waals surface area contributed by atoms with Crippen molar-refractivity contribution >= 4 is 43.3 Å². The number of phenols is 1. The molecule has 0 aliphatic heterocycles. The van der Waals surface area contributed by atoms with Crippen LogP contribution in [-0.4, -0.2) is 10.9 Å². The molecule has 2 nitrogen and oxygen atoms in total. The van der Waals surface area contributed by atoms with Crippen LogP contribution in [0.15, 0.2) is 71.2 Å². The number of aromatic hydroxyl groups is 1. The normalized spacial score (nSPS) is 16.3. The van der Waals surface area contributed by atoms with E-state index >= 15 is 0 Å². The zero-order valence-electron chi connectivity index (χ0n) is 16.0. The number of rotatable bonds is 3. The fourth-order valence-electron chi connectivity index (χ4n) is 4.76. The van der Waals surface area contributed by atoms with E-state index in [1.165, 1.54) is 5.56 Å². The van der Waals surface area contributed by atoms with Gasteiger partial charge in [0, 0.05) is 22.2 Å². The Morgan fingerprint density at radius 3 is 2.55 bits per heavy atom. The van der Waals surface area contributed by atoms with E-state index in [1.54, 1.807) is 0 Å². The van der Waals surface area contributed by atoms with Crippen molar-refractivity contribution in [2.75, 3.05) is 0 Å². The van der Waals surface area contributed by atoms with Gasteiger partial charge in [-0.1, -0.05) is 64.5 Å². The Morgan fingerprint density at radius 2 is 1.72 bits per heavy atom. The second-order valence-corrected chi connectivity index (χ2v) is 8.78. The van der Waals surface area contributed by atoms with E-state index in [4.69, 9.17) is 0 Å². The molecule has 0 saturated carbocycles. The number of hydrogen-bond acceptors (Lipinski definition) is 2. The molecule has 0 radical (unpaired) electrons. The number of phenolic OH excluding ortho intramolecular Hbond substituents is 1. The predicted octanol–water partition coefficient (Wildman–Crippen LogP) is 6.69. The largest absolute Gasteiger partial charge is 0.507 e. The topological polar surface area (TPSA) is 37.3 Å². The highest BCUT2D eigenvalue weighted by molar-refractivity contribution is 9.10. The van der Waals surface area contributed by atoms with E-state index in [0.717, 1.165) is 50.0 Å². The van der Waals surface area contributed by atoms with Gasteiger partial charge in [0.1, 0.15) is 11.5 Å². The van der Waals surface area contributed by atoms with Crippen LogP contribution >= 0.6 is 15.9 Å². The Morgan fingerprint density at radius 1 is 0.931 bits per heavy atom. The number of benzene rings is 4. The molecule has 4 aromatic carbocycles. The summed E-state index contributed by atoms with van der Waals surface area (Å²) in [6, 6.07) is 22.5. The summed E-state index contributed by atoms with van der Waals surface area (Å²) < 4.78 is 0.994. The third kappa shape index (κ3) is 3.24. The first-order valence-electron chi connectivity index (χ1n) is 10.0. The van der Waals surface area contributed by atoms with Crippen molar-refractivity contribution in [1.29, 1.82) is 0 Å². The maximum absolute atomic E-state index is 12.8. The Labute approximate surface area is 178 Å². The van der Waals surface area contributed by atoms with Crippen LogP contribution < -0.4 is 0 Å². The quantitative estimate of drug-likeness (QED) is 0.357. The number of ketones is 1. The molecule has 0 bridgehead atoms. The van der Waals surface area contributed by atoms with Gasteiger partial charge in [0.15, 0.2) is 0 Å². The predicted molar refractivity (Wildman–Crippen MR) is 122 cm³/mol. The van der Waals surface area contributed by atoms with Crippen molar-refractivity contribution in [1.82, 2.24) is 0 Å². The van der Waals surface area contributed by atoms with Crippen LogP contribution in [-0.2, 0) is 17.6 Å². The standard InChI is InChI=1S/C26H21BrO2/c27-18-7-9-19-17(14-18)15-25(29)26-22(19)11-10-20-21(24(28)13-12-23(20)26)8-6-16-4-2-1-3-5-16/h1-5,7,9-11,14-15,21,29H,6,8,12-13H2. The van der Waals surface area contributed by atoms with Gasteiger partial charge >= 0.3 is 0 Å². The Bertz CT molecular complexity index is 1240. The summed E-state index contributed by atoms with van der Waals surface area (Å²) >= 11 is 3.51. The van der Waals surface area contributed by atoms with Gasteiger partial charge in [-0.05, 0) is 70.3 Å². The van der Waals surface area contributed by atoms with Crippen molar-refractivity contribution in [3.05, 3.63) is 87.9 Å². The molecule has 0 heterocycles. The molecule has 5 rings (SSSR count). The van der Waals surface area contributed by atoms with Gasteiger partial charge in [-0.15, -0.1) is 0 Å². The maximum atomic E-state index is 12.8. The number of carbonyl (C=O) groups excluding carboxylic acids is 1. The maximum Gasteiger partial charge on any atom is 0.140 e. The molecular weight excluding hydrogens is 424 g/mol. The van der Waals surface area contributed by atoms with Crippen molar-refractivity contribution in [3.8, 4) is 5.75 Å². The van der Waals surface area contributed by atoms with Gasteiger partial charge in [-0.25, -0.2) is 0 Å². The summed E-state index contributed by atoms with van der Waals surface area (Å²) in [4.78, 5) is 12.8. The molecule has 4 aromatic rings. The highest BCUT2D eigenvalue weighted by atomic mass is 79.9. The second-order valence-electron chi connectivity index (χ2n) is 7.86. The summed E-state index contributed by atoms with van der Waals surface area (Å²) in [5.74, 6) is 0.527. The number of carbonyl (C=O) groups is 1. The molecule has 29 heavy (non-hydrogen) atoms. The van der Waals surface area contributed by atoms with Crippen LogP contribution in [0.1, 0.15) is 35.4 Å². The lowest BCUT2D eigenvalue weighted by atomic mass is 9.76. The fourth-order valence-corrected chi connectivity index (χ4v) is 5.14. The molecule has 0 fully saturated rings. The van der Waals surface area contributed by atoms with Gasteiger partial charge < -0.3 is 5.11 Å². The number of Topliss-reactive ketones (excluding diaryl/α,β-unsaturated/α-hetero) is 1. The Balaban J connectivity index is 1.62. The highest BCUT2D eigenvalue weighted by Crippen LogP contribution is 2.42. The molecule has 0 amide bonds. The van der Waals surface area contributed by atoms with Gasteiger partial charge in [-0.2, -0.15) is 0 Å². The molecule has 1 aliphatic carbocycles. The van der Waals surface area contributed by atoms with Crippen molar-refractivity contribution in [3.63, 3.8) is 0 Å². The highest BCUT2D eigenvalue weighted by Gasteiger charge is 2.29. The SMILES string of the molecule is O=C1CCc2c(ccc3c2c(O)cc2cc(Br)ccc23)C1CCc1ccccc1. The van der Waals surface area contributed by atoms with E-state index in [0.29, 0.717) is 24.4 Å². The van der Waals surface area contributed by atoms with Crippen LogP contribution in [0.5, 0.6) is 5.75 Å². The zero-order valence-corrected chi connectivity index (χ0v) is 17.6. The number of fused-ring (bicyclic) bond motifs is 5. The summed E-state index contributed by atoms with van der Waals surface area (Å²) in [5.41, 5.74) is 3.49. The van der Waals surface area contributed by atoms with Crippen molar-refractivity contribution < 1.29 is 9.90 Å². The van der Waals surface area contributed by atoms with Crippen LogP contribution in [0.3, 0.4) is 0 Å². The number of hydrogen-bond donors (Lipinski definition) is 1. The van der Waals surface area contributed by atoms with E-state index in [9.17, 15) is 9.90 Å². The monoisotopic (exact) mass is 444 g/mol. The Hall–Kier alpha value is -2.65. The number of aryl methyl sites for hydroxylation is 2. The first-order chi connectivity index (χ1) is 14.1. The van der Waals surface area contributed by atoms with Gasteiger partial charge in [-0.3, -0.25) is 4.79 Å². The molecule has 1 aliphatic rings. The molecule has 1 atom stereocenters. The average molecular weight is 445 g/mol. The molecule has 3 heteroatoms. The smallest absolute Gasteiger partial charge is 0.140 e. The van der Waals surface area contributed by atoms with Crippen molar-refractivity contribution in [2.24, 2.45) is 0 Å². The fraction of sp³-hybridized carbons (Fsp3) is 0.192. The Kier molecular flexibility index (Phi) is 4.63. The lowest BCUT2D eigenvalue weighted by molar-refractivity contribution is -0.121. The summed E-state index contributed by atoms with van der Waals surface area (Å²) in [6.07, 6.45) is 2.93. The summed E-state index contributed by atoms with van der Waals surface area (Å²) in [7, 11) is 0. The molecule has 0 aromatic heterocycles. The molecule has 0 spiro atoms. The second kappa shape index (κ2) is 7.31. The van der Waals surface area contributed by atoms with Crippen LogP contribution in [0.25, 0.3) is 21.5 Å². The van der Waals surface area contributed by atoms with Crippen LogP contribution in [0.4, 0.5) is 0 Å². The van der Waals surface area contributed by atoms with E-state index < -0.39 is 0 Å². The van der Waals surface area contributed by atoms with Gasteiger partial charge in [0.2, 0.25) is 0 Å². The van der Waals surface area contributed by atoms with Crippen molar-refractivity contribution in [2.45, 2.75) is 31.6 Å². The zero-order chi connectivity index (χ0) is 20.0. The average Bonchev–Trinajstić information content (AvgIpc) is 2.73. The molecule has 144 valence electrons. The summed E-state index contributed by atoms with van der Waals surface area (Å²) in [5, 5.41) is 15.0. The first-order valence-corrected chi connectivity index (χ1v) is 10.8. The molecule has 1 unspecified atom stereocenters. The van der Waals surface area contributed by atoms with Gasteiger partial charge in [0.25, 0.3) is 0 Å². The van der Waals surface area contributed by atoms with Crippen LogP contribution in [0, 0.1) is 0 Å². The molecular formula is C26H21BrO2. The number of halogens is 1.